The van der Waals surface area contributed by atoms with Crippen LogP contribution in [-0.4, -0.2) is 11.6 Å². The van der Waals surface area contributed by atoms with Crippen LogP contribution in [0.4, 0.5) is 0 Å². The predicted octanol–water partition coefficient (Wildman–Crippen LogP) is 1.74. The van der Waals surface area contributed by atoms with Crippen molar-refractivity contribution >= 4 is 5.97 Å². The lowest BCUT2D eigenvalue weighted by Crippen LogP contribution is -2.57. The van der Waals surface area contributed by atoms with Gasteiger partial charge in [0.05, 0.1) is 6.42 Å². The molecular weight excluding hydrogens is 140 g/mol. The summed E-state index contributed by atoms with van der Waals surface area (Å²) in [5.41, 5.74) is 0.0495. The molecule has 2 heteroatoms. The highest BCUT2D eigenvalue weighted by atomic mass is 16.6. The molecule has 2 fully saturated rings. The van der Waals surface area contributed by atoms with Gasteiger partial charge in [-0.3, -0.25) is 4.79 Å². The summed E-state index contributed by atoms with van der Waals surface area (Å²) >= 11 is 0. The molecule has 0 amide bonds. The monoisotopic (exact) mass is 154 g/mol. The molecule has 1 aliphatic heterocycles. The summed E-state index contributed by atoms with van der Waals surface area (Å²) in [6.45, 7) is 6.40. The van der Waals surface area contributed by atoms with Crippen LogP contribution in [0, 0.1) is 11.3 Å². The zero-order chi connectivity index (χ0) is 8.28. The normalized spacial score (nSPS) is 46.1. The van der Waals surface area contributed by atoms with Crippen LogP contribution in [0.1, 0.15) is 33.6 Å². The molecule has 0 radical (unpaired) electrons. The van der Waals surface area contributed by atoms with E-state index in [1.54, 1.807) is 0 Å². The van der Waals surface area contributed by atoms with Crippen molar-refractivity contribution in [3.05, 3.63) is 0 Å². The molecule has 0 bridgehead atoms. The van der Waals surface area contributed by atoms with Gasteiger partial charge in [-0.15, -0.1) is 0 Å². The van der Waals surface area contributed by atoms with Gasteiger partial charge in [0.15, 0.2) is 0 Å². The van der Waals surface area contributed by atoms with Crippen molar-refractivity contribution in [1.82, 2.24) is 0 Å². The van der Waals surface area contributed by atoms with Crippen LogP contribution in [0.3, 0.4) is 0 Å². The molecular formula is C9H14O2. The second-order valence-electron chi connectivity index (χ2n) is 4.57. The van der Waals surface area contributed by atoms with Crippen molar-refractivity contribution in [1.29, 1.82) is 0 Å². The Hall–Kier alpha value is -0.530. The minimum absolute atomic E-state index is 0.0110. The van der Waals surface area contributed by atoms with Gasteiger partial charge in [-0.05, 0) is 13.3 Å². The highest BCUT2D eigenvalue weighted by Crippen LogP contribution is 2.60. The maximum atomic E-state index is 11.0. The molecule has 1 saturated heterocycles. The highest BCUT2D eigenvalue weighted by Gasteiger charge is 2.64. The summed E-state index contributed by atoms with van der Waals surface area (Å²) in [6, 6.07) is 0. The largest absolute Gasteiger partial charge is 0.458 e. The SMILES string of the molecule is CC1(C)C[C@@H]2CC(=O)O[C@@]21C. The lowest BCUT2D eigenvalue weighted by atomic mass is 9.53. The van der Waals surface area contributed by atoms with Crippen LogP contribution in [0.25, 0.3) is 0 Å². The highest BCUT2D eigenvalue weighted by molar-refractivity contribution is 5.73. The van der Waals surface area contributed by atoms with Crippen LogP contribution < -0.4 is 0 Å². The van der Waals surface area contributed by atoms with Crippen LogP contribution in [-0.2, 0) is 9.53 Å². The van der Waals surface area contributed by atoms with E-state index in [0.717, 1.165) is 6.42 Å². The maximum Gasteiger partial charge on any atom is 0.306 e. The number of esters is 1. The van der Waals surface area contributed by atoms with Crippen LogP contribution >= 0.6 is 0 Å². The molecule has 62 valence electrons. The van der Waals surface area contributed by atoms with Gasteiger partial charge in [-0.2, -0.15) is 0 Å². The lowest BCUT2D eigenvalue weighted by molar-refractivity contribution is -0.185. The summed E-state index contributed by atoms with van der Waals surface area (Å²) in [5.74, 6) is 0.480. The van der Waals surface area contributed by atoms with E-state index < -0.39 is 0 Å². The first-order chi connectivity index (χ1) is 4.96. The van der Waals surface area contributed by atoms with E-state index >= 15 is 0 Å². The van der Waals surface area contributed by atoms with E-state index in [-0.39, 0.29) is 17.0 Å². The Morgan fingerprint density at radius 3 is 2.45 bits per heavy atom. The molecule has 2 atom stereocenters. The Bertz CT molecular complexity index is 220. The van der Waals surface area contributed by atoms with Gasteiger partial charge in [-0.25, -0.2) is 0 Å². The maximum absolute atomic E-state index is 11.0. The Balaban J connectivity index is 2.28. The average molecular weight is 154 g/mol. The van der Waals surface area contributed by atoms with E-state index in [9.17, 15) is 4.79 Å². The van der Waals surface area contributed by atoms with Crippen molar-refractivity contribution in [3.8, 4) is 0 Å². The second-order valence-corrected chi connectivity index (χ2v) is 4.57. The number of carbonyl (C=O) groups excluding carboxylic acids is 1. The molecule has 2 nitrogen and oxygen atoms in total. The van der Waals surface area contributed by atoms with E-state index in [1.165, 1.54) is 0 Å². The fourth-order valence-electron chi connectivity index (χ4n) is 2.40. The Labute approximate surface area is 66.9 Å². The average Bonchev–Trinajstić information content (AvgIpc) is 2.06. The molecule has 1 heterocycles. The predicted molar refractivity (Wildman–Crippen MR) is 41.0 cm³/mol. The van der Waals surface area contributed by atoms with Gasteiger partial charge in [0, 0.05) is 11.3 Å². The third-order valence-electron chi connectivity index (χ3n) is 3.62. The van der Waals surface area contributed by atoms with E-state index in [2.05, 4.69) is 20.8 Å². The molecule has 0 spiro atoms. The number of ether oxygens (including phenoxy) is 1. The fraction of sp³-hybridized carbons (Fsp3) is 0.889. The Morgan fingerprint density at radius 2 is 2.09 bits per heavy atom. The molecule has 0 aromatic rings. The minimum atomic E-state index is -0.149. The molecule has 0 aromatic heterocycles. The fourth-order valence-corrected chi connectivity index (χ4v) is 2.40. The molecule has 0 aromatic carbocycles. The quantitative estimate of drug-likeness (QED) is 0.497. The van der Waals surface area contributed by atoms with Gasteiger partial charge >= 0.3 is 5.97 Å². The first kappa shape index (κ1) is 7.14. The second kappa shape index (κ2) is 1.62. The zero-order valence-corrected chi connectivity index (χ0v) is 7.31. The number of carbonyl (C=O) groups is 1. The van der Waals surface area contributed by atoms with Crippen molar-refractivity contribution in [2.45, 2.75) is 39.2 Å². The number of hydrogen-bond donors (Lipinski definition) is 0. The van der Waals surface area contributed by atoms with Crippen molar-refractivity contribution in [2.24, 2.45) is 11.3 Å². The van der Waals surface area contributed by atoms with Gasteiger partial charge in [0.25, 0.3) is 0 Å². The first-order valence-corrected chi connectivity index (χ1v) is 4.17. The molecule has 11 heavy (non-hydrogen) atoms. The molecule has 1 saturated carbocycles. The lowest BCUT2D eigenvalue weighted by Gasteiger charge is -2.54. The third kappa shape index (κ3) is 0.652. The zero-order valence-electron chi connectivity index (χ0n) is 7.31. The Kier molecular flexibility index (Phi) is 1.05. The number of rotatable bonds is 0. The molecule has 0 unspecified atom stereocenters. The molecule has 2 aliphatic rings. The van der Waals surface area contributed by atoms with Crippen LogP contribution in [0.5, 0.6) is 0 Å². The minimum Gasteiger partial charge on any atom is -0.458 e. The number of fused-ring (bicyclic) bond motifs is 1. The van der Waals surface area contributed by atoms with Gasteiger partial charge in [-0.1, -0.05) is 13.8 Å². The Morgan fingerprint density at radius 1 is 1.45 bits per heavy atom. The molecule has 1 aliphatic carbocycles. The summed E-state index contributed by atoms with van der Waals surface area (Å²) in [5, 5.41) is 0. The van der Waals surface area contributed by atoms with E-state index in [4.69, 9.17) is 4.74 Å². The van der Waals surface area contributed by atoms with Crippen molar-refractivity contribution in [2.75, 3.05) is 0 Å². The van der Waals surface area contributed by atoms with Crippen LogP contribution in [0.2, 0.25) is 0 Å². The van der Waals surface area contributed by atoms with Crippen molar-refractivity contribution in [3.63, 3.8) is 0 Å². The molecule has 2 rings (SSSR count). The standard InChI is InChI=1S/C9H14O2/c1-8(2)5-6-4-7(10)11-9(6,8)3/h6H,4-5H2,1-3H3/t6-,9-/m0/s1. The van der Waals surface area contributed by atoms with Gasteiger partial charge < -0.3 is 4.74 Å². The summed E-state index contributed by atoms with van der Waals surface area (Å²) in [7, 11) is 0. The molecule has 0 N–H and O–H groups in total. The number of hydrogen-bond acceptors (Lipinski definition) is 2. The van der Waals surface area contributed by atoms with Crippen LogP contribution in [0.15, 0.2) is 0 Å². The van der Waals surface area contributed by atoms with E-state index in [1.807, 2.05) is 0 Å². The summed E-state index contributed by atoms with van der Waals surface area (Å²) < 4.78 is 5.32. The van der Waals surface area contributed by atoms with E-state index in [0.29, 0.717) is 12.3 Å². The topological polar surface area (TPSA) is 26.3 Å². The summed E-state index contributed by atoms with van der Waals surface area (Å²) in [4.78, 5) is 11.0. The van der Waals surface area contributed by atoms with Crippen molar-refractivity contribution < 1.29 is 9.53 Å². The first-order valence-electron chi connectivity index (χ1n) is 4.17. The van der Waals surface area contributed by atoms with Gasteiger partial charge in [0.2, 0.25) is 0 Å². The smallest absolute Gasteiger partial charge is 0.306 e. The van der Waals surface area contributed by atoms with Gasteiger partial charge in [0.1, 0.15) is 5.60 Å². The summed E-state index contributed by atoms with van der Waals surface area (Å²) in [6.07, 6.45) is 1.77. The third-order valence-corrected chi connectivity index (χ3v) is 3.62.